The molecule has 47 heavy (non-hydrogen) atoms. The Morgan fingerprint density at radius 3 is 2.34 bits per heavy atom. The van der Waals surface area contributed by atoms with Gasteiger partial charge in [0.2, 0.25) is 0 Å². The summed E-state index contributed by atoms with van der Waals surface area (Å²) in [5.74, 6) is 1.59. The van der Waals surface area contributed by atoms with Crippen molar-refractivity contribution in [2.45, 2.75) is 137 Å². The van der Waals surface area contributed by atoms with Gasteiger partial charge in [0, 0.05) is 31.1 Å². The molecular weight excluding hydrogens is 588 g/mol. The Kier molecular flexibility index (Phi) is 9.09. The Hall–Kier alpha value is -1.28. The Bertz CT molecular complexity index is 1220. The highest BCUT2D eigenvalue weighted by Gasteiger charge is 2.86. The normalized spacial score (nSPS) is 47.2. The molecule has 264 valence electrons. The van der Waals surface area contributed by atoms with Crippen molar-refractivity contribution in [3.8, 4) is 0 Å². The van der Waals surface area contributed by atoms with Crippen LogP contribution in [0.3, 0.4) is 0 Å². The van der Waals surface area contributed by atoms with E-state index in [1.165, 1.54) is 25.5 Å². The number of carboxylic acids is 1. The predicted molar refractivity (Wildman–Crippen MR) is 184 cm³/mol. The highest BCUT2D eigenvalue weighted by atomic mass is 16.5. The number of carbonyl (C=O) groups excluding carboxylic acids is 1. The third-order valence-corrected chi connectivity index (χ3v) is 15.0. The van der Waals surface area contributed by atoms with Crippen molar-refractivity contribution in [2.75, 3.05) is 32.7 Å². The summed E-state index contributed by atoms with van der Waals surface area (Å²) in [5.41, 5.74) is -1.48. The number of allylic oxidation sites excluding steroid dienone is 1. The minimum absolute atomic E-state index is 0.0955. The van der Waals surface area contributed by atoms with Crippen LogP contribution in [0, 0.1) is 57.7 Å². The Morgan fingerprint density at radius 2 is 1.72 bits per heavy atom. The second-order valence-corrected chi connectivity index (χ2v) is 18.2. The molecule has 3 saturated carbocycles. The van der Waals surface area contributed by atoms with Gasteiger partial charge in [0.1, 0.15) is 11.7 Å². The number of nitrogens with zero attached hydrogens (tertiary/aromatic N) is 2. The van der Waals surface area contributed by atoms with E-state index in [0.29, 0.717) is 48.3 Å². The first kappa shape index (κ1) is 34.2. The molecule has 0 aromatic heterocycles. The zero-order chi connectivity index (χ0) is 33.5. The number of morpholine rings is 1. The number of hydrogen-bond acceptors (Lipinski definition) is 6. The van der Waals surface area contributed by atoms with Gasteiger partial charge in [-0.1, -0.05) is 59.1 Å². The van der Waals surface area contributed by atoms with Crippen LogP contribution in [-0.4, -0.2) is 90.3 Å². The van der Waals surface area contributed by atoms with Gasteiger partial charge >= 0.3 is 5.97 Å². The molecule has 0 aromatic carbocycles. The van der Waals surface area contributed by atoms with E-state index in [1.807, 2.05) is 0 Å². The molecule has 0 radical (unpaired) electrons. The smallest absolute Gasteiger partial charge is 0.315 e. The topological polar surface area (TPSA) is 79.3 Å². The van der Waals surface area contributed by atoms with E-state index in [4.69, 9.17) is 9.47 Å². The zero-order valence-electron chi connectivity index (χ0n) is 30.5. The van der Waals surface area contributed by atoms with Gasteiger partial charge in [-0.2, -0.15) is 0 Å². The lowest BCUT2D eigenvalue weighted by atomic mass is 9.41. The zero-order valence-corrected chi connectivity index (χ0v) is 30.5. The number of aldehydes is 1. The summed E-state index contributed by atoms with van der Waals surface area (Å²) < 4.78 is 13.4. The molecule has 7 unspecified atom stereocenters. The molecule has 6 fully saturated rings. The van der Waals surface area contributed by atoms with Gasteiger partial charge in [-0.25, -0.2) is 0 Å². The first-order valence-corrected chi connectivity index (χ1v) is 19.6. The second-order valence-electron chi connectivity index (χ2n) is 18.2. The molecule has 7 nitrogen and oxygen atoms in total. The maximum absolute atomic E-state index is 14.1. The first-order chi connectivity index (χ1) is 22.4. The molecule has 3 aliphatic heterocycles. The molecule has 0 amide bonds. The fourth-order valence-electron chi connectivity index (χ4n) is 13.3. The van der Waals surface area contributed by atoms with E-state index < -0.39 is 22.2 Å². The summed E-state index contributed by atoms with van der Waals surface area (Å²) in [5, 5.41) is 11.6. The number of fused-ring (bicyclic) bond motifs is 2. The number of aliphatic carboxylic acids is 1. The minimum Gasteiger partial charge on any atom is -0.481 e. The minimum atomic E-state index is -1.15. The lowest BCUT2D eigenvalue weighted by Crippen LogP contribution is -2.65. The van der Waals surface area contributed by atoms with Crippen LogP contribution in [0.4, 0.5) is 0 Å². The summed E-state index contributed by atoms with van der Waals surface area (Å²) in [6.45, 7) is 20.9. The summed E-state index contributed by atoms with van der Waals surface area (Å²) in [6, 6.07) is 0.623. The summed E-state index contributed by atoms with van der Waals surface area (Å²) in [7, 11) is 0. The molecule has 7 rings (SSSR count). The van der Waals surface area contributed by atoms with Crippen LogP contribution in [0.25, 0.3) is 0 Å². The van der Waals surface area contributed by atoms with Crippen molar-refractivity contribution >= 4 is 12.3 Å². The third-order valence-electron chi connectivity index (χ3n) is 15.0. The number of hydrogen-bond donors (Lipinski definition) is 1. The average Bonchev–Trinajstić information content (AvgIpc) is 3.73. The Morgan fingerprint density at radius 1 is 1.02 bits per heavy atom. The summed E-state index contributed by atoms with van der Waals surface area (Å²) in [6.07, 6.45) is 13.4. The summed E-state index contributed by atoms with van der Waals surface area (Å²) in [4.78, 5) is 33.1. The van der Waals surface area contributed by atoms with Crippen molar-refractivity contribution in [2.24, 2.45) is 57.7 Å². The van der Waals surface area contributed by atoms with Crippen LogP contribution < -0.4 is 0 Å². The molecule has 3 heterocycles. The number of carboxylic acid groups (broad SMARTS) is 1. The molecule has 0 spiro atoms. The number of rotatable bonds is 10. The monoisotopic (exact) mass is 652 g/mol. The van der Waals surface area contributed by atoms with Crippen LogP contribution in [0.2, 0.25) is 0 Å². The van der Waals surface area contributed by atoms with Crippen LogP contribution in [0.15, 0.2) is 11.6 Å². The quantitative estimate of drug-likeness (QED) is 0.208. The molecule has 4 aliphatic carbocycles. The fourth-order valence-corrected chi connectivity index (χ4v) is 13.3. The number of ether oxygens (including phenoxy) is 2. The number of carbonyl (C=O) groups is 2. The van der Waals surface area contributed by atoms with E-state index >= 15 is 0 Å². The largest absolute Gasteiger partial charge is 0.481 e. The van der Waals surface area contributed by atoms with Gasteiger partial charge in [-0.15, -0.1) is 0 Å². The van der Waals surface area contributed by atoms with Crippen molar-refractivity contribution < 1.29 is 24.2 Å². The fraction of sp³-hybridized carbons (Fsp3) is 0.900. The van der Waals surface area contributed by atoms with Crippen molar-refractivity contribution in [3.05, 3.63) is 11.6 Å². The van der Waals surface area contributed by atoms with E-state index in [1.54, 1.807) is 0 Å². The highest BCUT2D eigenvalue weighted by molar-refractivity contribution is 5.90. The number of likely N-dealkylation sites (tertiary alicyclic amines) is 1. The molecule has 3 saturated heterocycles. The highest BCUT2D eigenvalue weighted by Crippen LogP contribution is 2.84. The molecule has 1 N–H and O–H groups in total. The van der Waals surface area contributed by atoms with Crippen LogP contribution in [-0.2, 0) is 19.1 Å². The molecular formula is C40H64N2O5. The maximum atomic E-state index is 14.1. The lowest BCUT2D eigenvalue weighted by molar-refractivity contribution is -0.197. The van der Waals surface area contributed by atoms with Crippen molar-refractivity contribution in [1.29, 1.82) is 0 Å². The van der Waals surface area contributed by atoms with Gasteiger partial charge in [-0.3, -0.25) is 9.69 Å². The van der Waals surface area contributed by atoms with Crippen LogP contribution in [0.5, 0.6) is 0 Å². The van der Waals surface area contributed by atoms with Crippen molar-refractivity contribution in [3.63, 3.8) is 0 Å². The van der Waals surface area contributed by atoms with Crippen molar-refractivity contribution in [1.82, 2.24) is 9.80 Å². The Balaban J connectivity index is 1.17. The molecule has 7 heteroatoms. The molecule has 0 aromatic rings. The van der Waals surface area contributed by atoms with E-state index in [0.717, 1.165) is 70.4 Å². The van der Waals surface area contributed by atoms with Gasteiger partial charge < -0.3 is 24.3 Å². The van der Waals surface area contributed by atoms with Crippen LogP contribution in [0.1, 0.15) is 106 Å². The van der Waals surface area contributed by atoms with Gasteiger partial charge in [0.15, 0.2) is 0 Å². The van der Waals surface area contributed by atoms with E-state index in [9.17, 15) is 14.7 Å². The van der Waals surface area contributed by atoms with E-state index in [-0.39, 0.29) is 30.0 Å². The summed E-state index contributed by atoms with van der Waals surface area (Å²) >= 11 is 0. The predicted octanol–water partition coefficient (Wildman–Crippen LogP) is 6.69. The standard InChI is InChI=1S/C40H64N2O5/c1-24(2)8-10-29-16-36(47-35(29)22-41-14-12-31(13-15-41)42-20-27(6)46-28(7)21-42)39-19-32-26(5)9-11-33(32)38(23-43)18-30(39)17-34(25(3)4)40(38,39)37(44)45/h17,23-33,35-36H,8-16,18-22H2,1-7H3,(H,44,45)/t26-,27-,28+,29?,30?,32-,33-,35?,36?,38?,39?,40?/m1/s1. The Labute approximate surface area is 284 Å². The average molecular weight is 653 g/mol. The number of piperidine rings is 1. The maximum Gasteiger partial charge on any atom is 0.315 e. The van der Waals surface area contributed by atoms with E-state index in [2.05, 4.69) is 64.3 Å². The SMILES string of the molecule is CC(C)CCC1CC(C23C[C@@H]4[C@H](C)CC[C@H]4C4(C=O)CC2C=C(C(C)C)C34C(=O)O)OC1CN1CCC(N2C[C@@H](C)O[C@@H](C)C2)CC1. The lowest BCUT2D eigenvalue weighted by Gasteiger charge is -2.60. The molecule has 7 aliphatic rings. The second kappa shape index (κ2) is 12.5. The van der Waals surface area contributed by atoms with Gasteiger partial charge in [0.05, 0.1) is 29.8 Å². The molecule has 4 bridgehead atoms. The molecule has 12 atom stereocenters. The van der Waals surface area contributed by atoms with Crippen LogP contribution >= 0.6 is 0 Å². The third kappa shape index (κ3) is 5.00. The first-order valence-electron chi connectivity index (χ1n) is 19.6. The van der Waals surface area contributed by atoms with Gasteiger partial charge in [0.25, 0.3) is 0 Å². The van der Waals surface area contributed by atoms with Gasteiger partial charge in [-0.05, 0) is 113 Å².